The first kappa shape index (κ1) is 13.3. The third kappa shape index (κ3) is 3.89. The average molecular weight is 254 g/mol. The molecular weight excluding hydrogens is 241 g/mol. The molecule has 1 radical (unpaired) electrons. The van der Waals surface area contributed by atoms with Crippen LogP contribution in [0, 0.1) is 5.92 Å². The van der Waals surface area contributed by atoms with Crippen LogP contribution in [0.1, 0.15) is 20.3 Å². The maximum atomic E-state index is 12.5. The van der Waals surface area contributed by atoms with Crippen molar-refractivity contribution < 1.29 is 25.5 Å². The van der Waals surface area contributed by atoms with E-state index in [1.165, 1.54) is 0 Å². The molecule has 0 aromatic rings. The largest absolute Gasteiger partial charge is 0.271 e. The SMILES string of the molecule is CC(C)(CC1C=CC=C1)P(F)F.[Cu]. The zero-order valence-corrected chi connectivity index (χ0v) is 9.43. The molecule has 1 aliphatic carbocycles. The smallest absolute Gasteiger partial charge is 0.188 e. The summed E-state index contributed by atoms with van der Waals surface area (Å²) >= 11 is 0. The van der Waals surface area contributed by atoms with Crippen LogP contribution in [0.5, 0.6) is 0 Å². The molecule has 0 amide bonds. The van der Waals surface area contributed by atoms with E-state index in [0.717, 1.165) is 0 Å². The van der Waals surface area contributed by atoms with Gasteiger partial charge in [0.25, 0.3) is 8.54 Å². The minimum Gasteiger partial charge on any atom is -0.188 e. The Kier molecular flexibility index (Phi) is 5.36. The molecule has 0 heterocycles. The van der Waals surface area contributed by atoms with Crippen molar-refractivity contribution in [1.82, 2.24) is 0 Å². The van der Waals surface area contributed by atoms with Gasteiger partial charge in [0.1, 0.15) is 0 Å². The zero-order chi connectivity index (χ0) is 9.19. The Morgan fingerprint density at radius 1 is 1.23 bits per heavy atom. The summed E-state index contributed by atoms with van der Waals surface area (Å²) in [5, 5.41) is -0.807. The Morgan fingerprint density at radius 3 is 2.08 bits per heavy atom. The second-order valence-corrected chi connectivity index (χ2v) is 5.36. The van der Waals surface area contributed by atoms with Crippen molar-refractivity contribution in [2.75, 3.05) is 0 Å². The van der Waals surface area contributed by atoms with E-state index in [0.29, 0.717) is 6.42 Å². The number of hydrogen-bond acceptors (Lipinski definition) is 0. The summed E-state index contributed by atoms with van der Waals surface area (Å²) < 4.78 is 25.0. The third-order valence-electron chi connectivity index (χ3n) is 2.02. The van der Waals surface area contributed by atoms with Gasteiger partial charge in [-0.3, -0.25) is 0 Å². The Labute approximate surface area is 89.9 Å². The maximum Gasteiger partial charge on any atom is 0.271 e. The quantitative estimate of drug-likeness (QED) is 0.524. The van der Waals surface area contributed by atoms with Gasteiger partial charge in [-0.15, -0.1) is 0 Å². The molecule has 0 atom stereocenters. The van der Waals surface area contributed by atoms with Crippen molar-refractivity contribution in [3.63, 3.8) is 0 Å². The molecule has 4 heteroatoms. The van der Waals surface area contributed by atoms with E-state index in [2.05, 4.69) is 0 Å². The Balaban J connectivity index is 0.00000144. The number of rotatable bonds is 3. The van der Waals surface area contributed by atoms with Gasteiger partial charge in [-0.25, -0.2) is 0 Å². The van der Waals surface area contributed by atoms with E-state index in [4.69, 9.17) is 0 Å². The fourth-order valence-electron chi connectivity index (χ4n) is 1.26. The molecule has 0 nitrogen and oxygen atoms in total. The normalized spacial score (nSPS) is 16.7. The molecule has 0 fully saturated rings. The molecule has 79 valence electrons. The topological polar surface area (TPSA) is 0 Å². The van der Waals surface area contributed by atoms with Gasteiger partial charge in [-0.1, -0.05) is 38.2 Å². The van der Waals surface area contributed by atoms with Crippen molar-refractivity contribution in [3.8, 4) is 0 Å². The first-order valence-electron chi connectivity index (χ1n) is 3.99. The van der Waals surface area contributed by atoms with Crippen molar-refractivity contribution >= 4 is 8.54 Å². The fraction of sp³-hybridized carbons (Fsp3) is 0.556. The Morgan fingerprint density at radius 2 is 1.69 bits per heavy atom. The van der Waals surface area contributed by atoms with Gasteiger partial charge in [0.15, 0.2) is 0 Å². The molecule has 0 unspecified atom stereocenters. The van der Waals surface area contributed by atoms with Gasteiger partial charge in [0.05, 0.1) is 0 Å². The van der Waals surface area contributed by atoms with E-state index in [9.17, 15) is 8.39 Å². The molecular formula is C9H13CuF2P. The summed E-state index contributed by atoms with van der Waals surface area (Å²) in [4.78, 5) is 0. The summed E-state index contributed by atoms with van der Waals surface area (Å²) in [5.41, 5.74) is 0. The van der Waals surface area contributed by atoms with Gasteiger partial charge in [-0.05, 0) is 12.3 Å². The number of hydrogen-bond donors (Lipinski definition) is 0. The van der Waals surface area contributed by atoms with E-state index >= 15 is 0 Å². The molecule has 0 bridgehead atoms. The predicted molar refractivity (Wildman–Crippen MR) is 49.6 cm³/mol. The van der Waals surface area contributed by atoms with Gasteiger partial charge in [0.2, 0.25) is 0 Å². The minimum atomic E-state index is -2.83. The average Bonchev–Trinajstić information content (AvgIpc) is 2.38. The number of halogens is 2. The van der Waals surface area contributed by atoms with Gasteiger partial charge < -0.3 is 0 Å². The van der Waals surface area contributed by atoms with Gasteiger partial charge in [0, 0.05) is 22.2 Å². The first-order chi connectivity index (χ1) is 5.52. The molecule has 13 heavy (non-hydrogen) atoms. The van der Waals surface area contributed by atoms with E-state index in [1.54, 1.807) is 13.8 Å². The van der Waals surface area contributed by atoms with E-state index in [-0.39, 0.29) is 23.0 Å². The first-order valence-corrected chi connectivity index (χ1v) is 5.11. The van der Waals surface area contributed by atoms with Crippen LogP contribution < -0.4 is 0 Å². The van der Waals surface area contributed by atoms with Gasteiger partial charge >= 0.3 is 0 Å². The summed E-state index contributed by atoms with van der Waals surface area (Å²) in [6.07, 6.45) is 8.33. The fourth-order valence-corrected chi connectivity index (χ4v) is 1.61. The third-order valence-corrected chi connectivity index (χ3v) is 3.12. The van der Waals surface area contributed by atoms with E-state index in [1.807, 2.05) is 24.3 Å². The summed E-state index contributed by atoms with van der Waals surface area (Å²) in [6.45, 7) is 3.28. The van der Waals surface area contributed by atoms with Crippen LogP contribution in [0.4, 0.5) is 8.39 Å². The van der Waals surface area contributed by atoms with Crippen LogP contribution in [0.25, 0.3) is 0 Å². The summed E-state index contributed by atoms with van der Waals surface area (Å²) in [6, 6.07) is 0. The molecule has 1 aliphatic rings. The zero-order valence-electron chi connectivity index (χ0n) is 7.60. The maximum absolute atomic E-state index is 12.5. The molecule has 0 aliphatic heterocycles. The molecule has 0 saturated carbocycles. The molecule has 0 N–H and O–H groups in total. The standard InChI is InChI=1S/C9H13F2P.Cu/c1-9(2,12(10)11)7-8-5-3-4-6-8;/h3-6,8H,7H2,1-2H3;. The second-order valence-electron chi connectivity index (χ2n) is 3.68. The van der Waals surface area contributed by atoms with Crippen LogP contribution in [-0.4, -0.2) is 5.16 Å². The monoisotopic (exact) mass is 253 g/mol. The Hall–Kier alpha value is 0.289. The molecule has 0 spiro atoms. The van der Waals surface area contributed by atoms with Crippen molar-refractivity contribution in [3.05, 3.63) is 24.3 Å². The van der Waals surface area contributed by atoms with Crippen LogP contribution in [0.3, 0.4) is 0 Å². The van der Waals surface area contributed by atoms with Crippen LogP contribution >= 0.6 is 8.54 Å². The number of allylic oxidation sites excluding steroid dienone is 4. The van der Waals surface area contributed by atoms with Crippen LogP contribution in [0.2, 0.25) is 0 Å². The Bertz CT molecular complexity index is 200. The van der Waals surface area contributed by atoms with Crippen LogP contribution in [0.15, 0.2) is 24.3 Å². The van der Waals surface area contributed by atoms with Crippen LogP contribution in [-0.2, 0) is 17.1 Å². The van der Waals surface area contributed by atoms with E-state index < -0.39 is 13.7 Å². The summed E-state index contributed by atoms with van der Waals surface area (Å²) in [5.74, 6) is 0.219. The van der Waals surface area contributed by atoms with Crippen molar-refractivity contribution in [1.29, 1.82) is 0 Å². The summed E-state index contributed by atoms with van der Waals surface area (Å²) in [7, 11) is -2.83. The molecule has 0 saturated heterocycles. The molecule has 1 rings (SSSR count). The molecule has 0 aromatic heterocycles. The van der Waals surface area contributed by atoms with Crippen molar-refractivity contribution in [2.24, 2.45) is 5.92 Å². The van der Waals surface area contributed by atoms with Crippen molar-refractivity contribution in [2.45, 2.75) is 25.4 Å². The predicted octanol–water partition coefficient (Wildman–Crippen LogP) is 4.15. The minimum absolute atomic E-state index is 0. The second kappa shape index (κ2) is 5.24. The van der Waals surface area contributed by atoms with Gasteiger partial charge in [-0.2, -0.15) is 8.39 Å². The molecule has 0 aromatic carbocycles.